The molecule has 21 heavy (non-hydrogen) atoms. The van der Waals surface area contributed by atoms with E-state index < -0.39 is 0 Å². The van der Waals surface area contributed by atoms with E-state index in [1.165, 1.54) is 25.7 Å². The molecule has 1 aliphatic heterocycles. The number of nitrogens with one attached hydrogen (secondary N) is 1. The van der Waals surface area contributed by atoms with Crippen molar-refractivity contribution < 1.29 is 4.79 Å². The van der Waals surface area contributed by atoms with Gasteiger partial charge in [0.2, 0.25) is 5.91 Å². The zero-order valence-corrected chi connectivity index (χ0v) is 14.4. The Morgan fingerprint density at radius 3 is 2.43 bits per heavy atom. The van der Waals surface area contributed by atoms with E-state index in [2.05, 4.69) is 37.9 Å². The smallest absolute Gasteiger partial charge is 0.239 e. The highest BCUT2D eigenvalue weighted by molar-refractivity contribution is 5.82. The fourth-order valence-electron chi connectivity index (χ4n) is 4.25. The maximum Gasteiger partial charge on any atom is 0.239 e. The fraction of sp³-hybridized carbons (Fsp3) is 0.944. The summed E-state index contributed by atoms with van der Waals surface area (Å²) < 4.78 is 0. The van der Waals surface area contributed by atoms with E-state index in [9.17, 15) is 4.79 Å². The van der Waals surface area contributed by atoms with Crippen molar-refractivity contribution in [3.05, 3.63) is 0 Å². The topological polar surface area (TPSA) is 32.3 Å². The molecular weight excluding hydrogens is 260 g/mol. The standard InChI is InChI=1S/C18H34N2O/c1-5-15(6-2)20(12-13(3)4)18(21)17-11-14-9-7-8-10-16(14)19-17/h13-17,19H,5-12H2,1-4H3. The molecule has 0 aromatic carbocycles. The maximum absolute atomic E-state index is 13.0. The number of carbonyl (C=O) groups is 1. The van der Waals surface area contributed by atoms with Crippen molar-refractivity contribution in [3.8, 4) is 0 Å². The lowest BCUT2D eigenvalue weighted by molar-refractivity contribution is -0.136. The molecule has 0 bridgehead atoms. The van der Waals surface area contributed by atoms with Crippen molar-refractivity contribution in [2.75, 3.05) is 6.54 Å². The van der Waals surface area contributed by atoms with Gasteiger partial charge in [-0.25, -0.2) is 0 Å². The van der Waals surface area contributed by atoms with Crippen LogP contribution < -0.4 is 5.32 Å². The van der Waals surface area contributed by atoms with Gasteiger partial charge in [-0.1, -0.05) is 40.5 Å². The first-order valence-electron chi connectivity index (χ1n) is 9.13. The predicted octanol–water partition coefficient (Wildman–Crippen LogP) is 3.58. The molecule has 0 aromatic heterocycles. The van der Waals surface area contributed by atoms with E-state index >= 15 is 0 Å². The Hall–Kier alpha value is -0.570. The summed E-state index contributed by atoms with van der Waals surface area (Å²) in [7, 11) is 0. The Bertz CT molecular complexity index is 324. The second-order valence-electron chi connectivity index (χ2n) is 7.46. The number of carbonyl (C=O) groups excluding carboxylic acids is 1. The average Bonchev–Trinajstić information content (AvgIpc) is 2.90. The summed E-state index contributed by atoms with van der Waals surface area (Å²) in [5.41, 5.74) is 0. The Morgan fingerprint density at radius 2 is 1.86 bits per heavy atom. The monoisotopic (exact) mass is 294 g/mol. The minimum atomic E-state index is 0.0810. The second-order valence-corrected chi connectivity index (χ2v) is 7.46. The molecule has 0 radical (unpaired) electrons. The molecule has 3 unspecified atom stereocenters. The van der Waals surface area contributed by atoms with E-state index in [-0.39, 0.29) is 6.04 Å². The van der Waals surface area contributed by atoms with Gasteiger partial charge in [-0.3, -0.25) is 4.79 Å². The number of nitrogens with zero attached hydrogens (tertiary/aromatic N) is 1. The van der Waals surface area contributed by atoms with E-state index in [0.29, 0.717) is 23.9 Å². The van der Waals surface area contributed by atoms with Gasteiger partial charge in [0, 0.05) is 18.6 Å². The highest BCUT2D eigenvalue weighted by Crippen LogP contribution is 2.34. The first-order chi connectivity index (χ1) is 10.1. The van der Waals surface area contributed by atoms with Crippen LogP contribution >= 0.6 is 0 Å². The molecule has 3 heteroatoms. The molecule has 1 saturated carbocycles. The quantitative estimate of drug-likeness (QED) is 0.812. The molecule has 1 saturated heterocycles. The highest BCUT2D eigenvalue weighted by atomic mass is 16.2. The number of fused-ring (bicyclic) bond motifs is 1. The zero-order valence-electron chi connectivity index (χ0n) is 14.4. The third kappa shape index (κ3) is 4.00. The zero-order chi connectivity index (χ0) is 15.4. The van der Waals surface area contributed by atoms with Crippen molar-refractivity contribution in [1.82, 2.24) is 10.2 Å². The van der Waals surface area contributed by atoms with Crippen molar-refractivity contribution in [1.29, 1.82) is 0 Å². The molecule has 2 aliphatic rings. The summed E-state index contributed by atoms with van der Waals surface area (Å²) in [6.07, 6.45) is 8.46. The normalized spacial score (nSPS) is 29.0. The number of rotatable bonds is 6. The van der Waals surface area contributed by atoms with Gasteiger partial charge in [0.1, 0.15) is 0 Å². The van der Waals surface area contributed by atoms with Gasteiger partial charge in [0.15, 0.2) is 0 Å². The first kappa shape index (κ1) is 16.8. The predicted molar refractivity (Wildman–Crippen MR) is 88.2 cm³/mol. The highest BCUT2D eigenvalue weighted by Gasteiger charge is 2.40. The van der Waals surface area contributed by atoms with Crippen LogP contribution in [0.5, 0.6) is 0 Å². The van der Waals surface area contributed by atoms with Gasteiger partial charge in [0.25, 0.3) is 0 Å². The lowest BCUT2D eigenvalue weighted by Crippen LogP contribution is -2.50. The third-order valence-electron chi connectivity index (χ3n) is 5.39. The molecule has 1 N–H and O–H groups in total. The Morgan fingerprint density at radius 1 is 1.19 bits per heavy atom. The Labute approximate surface area is 130 Å². The molecule has 1 amide bonds. The summed E-state index contributed by atoms with van der Waals surface area (Å²) >= 11 is 0. The van der Waals surface area contributed by atoms with Crippen LogP contribution in [0.1, 0.15) is 72.6 Å². The molecule has 3 nitrogen and oxygen atoms in total. The maximum atomic E-state index is 13.0. The molecule has 0 spiro atoms. The van der Waals surface area contributed by atoms with Crippen LogP contribution in [0.15, 0.2) is 0 Å². The van der Waals surface area contributed by atoms with E-state index in [0.717, 1.165) is 31.7 Å². The van der Waals surface area contributed by atoms with Crippen LogP contribution in [0.25, 0.3) is 0 Å². The molecule has 122 valence electrons. The van der Waals surface area contributed by atoms with Crippen LogP contribution in [0.3, 0.4) is 0 Å². The van der Waals surface area contributed by atoms with Gasteiger partial charge in [-0.15, -0.1) is 0 Å². The van der Waals surface area contributed by atoms with Crippen molar-refractivity contribution in [2.24, 2.45) is 11.8 Å². The lowest BCUT2D eigenvalue weighted by atomic mass is 9.85. The van der Waals surface area contributed by atoms with Crippen LogP contribution in [0.4, 0.5) is 0 Å². The SMILES string of the molecule is CCC(CC)N(CC(C)C)C(=O)C1CC2CCCCC2N1. The van der Waals surface area contributed by atoms with E-state index in [1.807, 2.05) is 0 Å². The van der Waals surface area contributed by atoms with E-state index in [4.69, 9.17) is 0 Å². The van der Waals surface area contributed by atoms with Gasteiger partial charge < -0.3 is 10.2 Å². The van der Waals surface area contributed by atoms with Crippen LogP contribution in [-0.4, -0.2) is 35.5 Å². The molecule has 2 rings (SSSR count). The summed E-state index contributed by atoms with van der Waals surface area (Å²) in [6.45, 7) is 9.74. The molecule has 3 atom stereocenters. The number of hydrogen-bond acceptors (Lipinski definition) is 2. The van der Waals surface area contributed by atoms with Crippen LogP contribution in [0.2, 0.25) is 0 Å². The number of amides is 1. The molecular formula is C18H34N2O. The molecule has 2 fully saturated rings. The van der Waals surface area contributed by atoms with Crippen LogP contribution in [0, 0.1) is 11.8 Å². The van der Waals surface area contributed by atoms with Crippen molar-refractivity contribution in [3.63, 3.8) is 0 Å². The second kappa shape index (κ2) is 7.62. The minimum Gasteiger partial charge on any atom is -0.338 e. The van der Waals surface area contributed by atoms with E-state index in [1.54, 1.807) is 0 Å². The first-order valence-corrected chi connectivity index (χ1v) is 9.13. The van der Waals surface area contributed by atoms with Crippen molar-refractivity contribution >= 4 is 5.91 Å². The van der Waals surface area contributed by atoms with Crippen molar-refractivity contribution in [2.45, 2.75) is 90.8 Å². The minimum absolute atomic E-state index is 0.0810. The summed E-state index contributed by atoms with van der Waals surface area (Å²) in [6, 6.07) is 1.09. The molecule has 1 heterocycles. The fourth-order valence-corrected chi connectivity index (χ4v) is 4.25. The number of hydrogen-bond donors (Lipinski definition) is 1. The Balaban J connectivity index is 2.03. The Kier molecular flexibility index (Phi) is 6.09. The largest absolute Gasteiger partial charge is 0.338 e. The summed E-state index contributed by atoms with van der Waals surface area (Å²) in [5.74, 6) is 1.65. The van der Waals surface area contributed by atoms with Gasteiger partial charge in [-0.05, 0) is 43.9 Å². The summed E-state index contributed by atoms with van der Waals surface area (Å²) in [4.78, 5) is 15.2. The summed E-state index contributed by atoms with van der Waals surface area (Å²) in [5, 5.41) is 3.66. The molecule has 0 aromatic rings. The third-order valence-corrected chi connectivity index (χ3v) is 5.39. The lowest BCUT2D eigenvalue weighted by Gasteiger charge is -2.34. The van der Waals surface area contributed by atoms with Gasteiger partial charge in [0.05, 0.1) is 6.04 Å². The van der Waals surface area contributed by atoms with Gasteiger partial charge in [-0.2, -0.15) is 0 Å². The van der Waals surface area contributed by atoms with Crippen LogP contribution in [-0.2, 0) is 4.79 Å². The van der Waals surface area contributed by atoms with Gasteiger partial charge >= 0.3 is 0 Å². The molecule has 1 aliphatic carbocycles. The average molecular weight is 294 g/mol.